The summed E-state index contributed by atoms with van der Waals surface area (Å²) in [6.07, 6.45) is 0.688. The molecular weight excluding hydrogens is 306 g/mol. The van der Waals surface area contributed by atoms with Crippen LogP contribution in [0.3, 0.4) is 0 Å². The quantitative estimate of drug-likeness (QED) is 0.482. The molecule has 0 aliphatic heterocycles. The van der Waals surface area contributed by atoms with Crippen molar-refractivity contribution < 1.29 is 13.7 Å². The Bertz CT molecular complexity index is 690. The second-order valence-corrected chi connectivity index (χ2v) is 4.54. The molecule has 0 saturated carbocycles. The highest BCUT2D eigenvalue weighted by Gasteiger charge is 2.25. The van der Waals surface area contributed by atoms with Gasteiger partial charge >= 0.3 is 5.69 Å². The van der Waals surface area contributed by atoms with Gasteiger partial charge in [-0.25, -0.2) is 4.39 Å². The van der Waals surface area contributed by atoms with Crippen molar-refractivity contribution in [2.24, 2.45) is 0 Å². The molecule has 1 aromatic carbocycles. The van der Waals surface area contributed by atoms with Gasteiger partial charge in [0.15, 0.2) is 5.82 Å². The van der Waals surface area contributed by atoms with Crippen LogP contribution in [0.25, 0.3) is 11.4 Å². The molecule has 1 aromatic heterocycles. The van der Waals surface area contributed by atoms with E-state index in [1.807, 2.05) is 6.92 Å². The summed E-state index contributed by atoms with van der Waals surface area (Å²) in [5, 5.41) is 18.3. The number of hydrogen-bond donors (Lipinski definition) is 0. The number of nitro benzene ring substituents is 1. The standard InChI is InChI=1S/C12H11ClF2N4O2/c1-2-3-18-10(6-13)16-17-12(18)8-4-7(14)5-9(11(8)15)19(20)21/h4-5H,2-3,6H2,1H3. The van der Waals surface area contributed by atoms with Gasteiger partial charge in [0.05, 0.1) is 22.4 Å². The predicted octanol–water partition coefficient (Wildman–Crippen LogP) is 3.28. The van der Waals surface area contributed by atoms with Crippen molar-refractivity contribution in [1.82, 2.24) is 14.8 Å². The van der Waals surface area contributed by atoms with Gasteiger partial charge in [-0.15, -0.1) is 21.8 Å². The number of alkyl halides is 1. The van der Waals surface area contributed by atoms with Gasteiger partial charge in [-0.2, -0.15) is 4.39 Å². The molecule has 6 nitrogen and oxygen atoms in total. The van der Waals surface area contributed by atoms with Crippen molar-refractivity contribution >= 4 is 17.3 Å². The van der Waals surface area contributed by atoms with Crippen molar-refractivity contribution in [3.63, 3.8) is 0 Å². The average molecular weight is 317 g/mol. The zero-order valence-electron chi connectivity index (χ0n) is 11.0. The number of aromatic nitrogens is 3. The van der Waals surface area contributed by atoms with E-state index >= 15 is 0 Å². The molecule has 0 bridgehead atoms. The molecule has 9 heteroatoms. The topological polar surface area (TPSA) is 73.8 Å². The predicted molar refractivity (Wildman–Crippen MR) is 71.9 cm³/mol. The van der Waals surface area contributed by atoms with E-state index in [1.165, 1.54) is 4.57 Å². The van der Waals surface area contributed by atoms with Gasteiger partial charge in [0.1, 0.15) is 11.6 Å². The summed E-state index contributed by atoms with van der Waals surface area (Å²) >= 11 is 5.72. The third-order valence-electron chi connectivity index (χ3n) is 2.85. The molecule has 0 amide bonds. The molecule has 0 atom stereocenters. The summed E-state index contributed by atoms with van der Waals surface area (Å²) in [6, 6.07) is 1.39. The molecule has 21 heavy (non-hydrogen) atoms. The first-order valence-electron chi connectivity index (χ1n) is 6.11. The van der Waals surface area contributed by atoms with E-state index in [2.05, 4.69) is 10.2 Å². The van der Waals surface area contributed by atoms with E-state index in [0.29, 0.717) is 24.9 Å². The Balaban J connectivity index is 2.67. The van der Waals surface area contributed by atoms with E-state index in [-0.39, 0.29) is 17.3 Å². The molecule has 2 rings (SSSR count). The minimum Gasteiger partial charge on any atom is -0.310 e. The molecule has 1 heterocycles. The van der Waals surface area contributed by atoms with Crippen molar-refractivity contribution in [2.75, 3.05) is 0 Å². The molecule has 0 radical (unpaired) electrons. The SMILES string of the molecule is CCCn1c(CCl)nnc1-c1cc(F)cc([N+](=O)[O-])c1F. The Morgan fingerprint density at radius 1 is 1.38 bits per heavy atom. The van der Waals surface area contributed by atoms with Crippen LogP contribution >= 0.6 is 11.6 Å². The molecule has 2 aromatic rings. The van der Waals surface area contributed by atoms with E-state index < -0.39 is 22.2 Å². The highest BCUT2D eigenvalue weighted by atomic mass is 35.5. The summed E-state index contributed by atoms with van der Waals surface area (Å²) in [7, 11) is 0. The monoisotopic (exact) mass is 316 g/mol. The fourth-order valence-corrected chi connectivity index (χ4v) is 2.16. The zero-order valence-corrected chi connectivity index (χ0v) is 11.8. The number of halogens is 3. The summed E-state index contributed by atoms with van der Waals surface area (Å²) in [5.41, 5.74) is -1.25. The summed E-state index contributed by atoms with van der Waals surface area (Å²) in [6.45, 7) is 2.32. The minimum absolute atomic E-state index is 0.0209. The average Bonchev–Trinajstić information content (AvgIpc) is 2.84. The van der Waals surface area contributed by atoms with Gasteiger partial charge in [0, 0.05) is 6.54 Å². The maximum atomic E-state index is 14.2. The summed E-state index contributed by atoms with van der Waals surface area (Å²) in [4.78, 5) is 9.78. The van der Waals surface area contributed by atoms with Crippen LogP contribution in [0, 0.1) is 21.7 Å². The first-order valence-corrected chi connectivity index (χ1v) is 6.64. The largest absolute Gasteiger partial charge is 0.310 e. The molecule has 0 aliphatic carbocycles. The summed E-state index contributed by atoms with van der Waals surface area (Å²) < 4.78 is 29.2. The minimum atomic E-state index is -1.15. The van der Waals surface area contributed by atoms with Gasteiger partial charge in [0.25, 0.3) is 0 Å². The fraction of sp³-hybridized carbons (Fsp3) is 0.333. The number of nitro groups is 1. The number of hydrogen-bond acceptors (Lipinski definition) is 4. The lowest BCUT2D eigenvalue weighted by atomic mass is 10.1. The normalized spacial score (nSPS) is 10.9. The Hall–Kier alpha value is -2.09. The molecule has 0 saturated heterocycles. The molecule has 0 spiro atoms. The van der Waals surface area contributed by atoms with Crippen LogP contribution in [0.15, 0.2) is 12.1 Å². The number of benzene rings is 1. The highest BCUT2D eigenvalue weighted by Crippen LogP contribution is 2.30. The zero-order chi connectivity index (χ0) is 15.6. The highest BCUT2D eigenvalue weighted by molar-refractivity contribution is 6.16. The third-order valence-corrected chi connectivity index (χ3v) is 3.09. The second kappa shape index (κ2) is 6.13. The molecule has 0 aliphatic rings. The van der Waals surface area contributed by atoms with Crippen molar-refractivity contribution in [3.05, 3.63) is 39.7 Å². The van der Waals surface area contributed by atoms with Crippen molar-refractivity contribution in [3.8, 4) is 11.4 Å². The lowest BCUT2D eigenvalue weighted by Gasteiger charge is -2.08. The van der Waals surface area contributed by atoms with Crippen LogP contribution in [0.2, 0.25) is 0 Å². The lowest BCUT2D eigenvalue weighted by molar-refractivity contribution is -0.387. The van der Waals surface area contributed by atoms with E-state index in [0.717, 1.165) is 6.07 Å². The maximum Gasteiger partial charge on any atom is 0.308 e. The van der Waals surface area contributed by atoms with E-state index in [9.17, 15) is 18.9 Å². The van der Waals surface area contributed by atoms with Crippen LogP contribution in [-0.4, -0.2) is 19.7 Å². The van der Waals surface area contributed by atoms with Gasteiger partial charge in [-0.3, -0.25) is 10.1 Å². The van der Waals surface area contributed by atoms with Gasteiger partial charge in [-0.05, 0) is 12.5 Å². The van der Waals surface area contributed by atoms with Gasteiger partial charge in [-0.1, -0.05) is 6.92 Å². The maximum absolute atomic E-state index is 14.2. The van der Waals surface area contributed by atoms with Crippen LogP contribution in [0.4, 0.5) is 14.5 Å². The molecule has 0 unspecified atom stereocenters. The Morgan fingerprint density at radius 3 is 2.67 bits per heavy atom. The first-order chi connectivity index (χ1) is 9.99. The van der Waals surface area contributed by atoms with Crippen molar-refractivity contribution in [1.29, 1.82) is 0 Å². The van der Waals surface area contributed by atoms with Crippen LogP contribution < -0.4 is 0 Å². The smallest absolute Gasteiger partial charge is 0.308 e. The van der Waals surface area contributed by atoms with Gasteiger partial charge in [0.2, 0.25) is 5.82 Å². The fourth-order valence-electron chi connectivity index (χ4n) is 1.96. The first kappa shape index (κ1) is 15.3. The Morgan fingerprint density at radius 2 is 2.10 bits per heavy atom. The van der Waals surface area contributed by atoms with E-state index in [1.54, 1.807) is 0 Å². The number of nitrogens with zero attached hydrogens (tertiary/aromatic N) is 4. The molecular formula is C12H11ClF2N4O2. The number of rotatable bonds is 5. The Labute approximate surface area is 123 Å². The summed E-state index contributed by atoms with van der Waals surface area (Å²) in [5.74, 6) is -1.61. The third kappa shape index (κ3) is 2.85. The molecule has 0 N–H and O–H groups in total. The van der Waals surface area contributed by atoms with Crippen LogP contribution in [0.5, 0.6) is 0 Å². The van der Waals surface area contributed by atoms with E-state index in [4.69, 9.17) is 11.6 Å². The van der Waals surface area contributed by atoms with Crippen LogP contribution in [0.1, 0.15) is 19.2 Å². The molecule has 0 fully saturated rings. The second-order valence-electron chi connectivity index (χ2n) is 4.27. The van der Waals surface area contributed by atoms with Gasteiger partial charge < -0.3 is 4.57 Å². The molecule has 112 valence electrons. The Kier molecular flexibility index (Phi) is 4.46. The lowest BCUT2D eigenvalue weighted by Crippen LogP contribution is -2.06. The van der Waals surface area contributed by atoms with Crippen molar-refractivity contribution in [2.45, 2.75) is 25.8 Å². The van der Waals surface area contributed by atoms with Crippen LogP contribution in [-0.2, 0) is 12.4 Å².